The minimum absolute atomic E-state index is 0.105. The van der Waals surface area contributed by atoms with Crippen molar-refractivity contribution in [2.24, 2.45) is 0 Å². The number of amides is 2. The number of aliphatic hydroxyl groups excluding tert-OH is 1. The summed E-state index contributed by atoms with van der Waals surface area (Å²) in [4.78, 5) is 24.7. The quantitative estimate of drug-likeness (QED) is 0.718. The molecule has 6 heteroatoms. The van der Waals surface area contributed by atoms with Crippen molar-refractivity contribution in [3.8, 4) is 0 Å². The lowest BCUT2D eigenvalue weighted by Gasteiger charge is -2.20. The van der Waals surface area contributed by atoms with E-state index in [0.717, 1.165) is 10.4 Å². The Kier molecular flexibility index (Phi) is 6.52. The van der Waals surface area contributed by atoms with Crippen LogP contribution >= 0.6 is 11.3 Å². The first kappa shape index (κ1) is 18.2. The van der Waals surface area contributed by atoms with Crippen molar-refractivity contribution in [2.75, 3.05) is 0 Å². The summed E-state index contributed by atoms with van der Waals surface area (Å²) in [5, 5.41) is 15.8. The summed E-state index contributed by atoms with van der Waals surface area (Å²) in [5.41, 5.74) is 1.03. The molecule has 0 fully saturated rings. The van der Waals surface area contributed by atoms with E-state index in [2.05, 4.69) is 10.6 Å². The summed E-state index contributed by atoms with van der Waals surface area (Å²) < 4.78 is 0. The molecule has 0 saturated carbocycles. The van der Waals surface area contributed by atoms with Crippen molar-refractivity contribution in [3.63, 3.8) is 0 Å². The lowest BCUT2D eigenvalue weighted by molar-refractivity contribution is -0.119. The number of nitrogens with one attached hydrogen (secondary N) is 2. The first-order valence-corrected chi connectivity index (χ1v) is 8.63. The monoisotopic (exact) mass is 346 g/mol. The van der Waals surface area contributed by atoms with Crippen molar-refractivity contribution in [3.05, 3.63) is 57.8 Å². The molecule has 0 aliphatic carbocycles. The van der Waals surface area contributed by atoms with Crippen LogP contribution in [0.3, 0.4) is 0 Å². The highest BCUT2D eigenvalue weighted by Gasteiger charge is 2.19. The van der Waals surface area contributed by atoms with Gasteiger partial charge in [-0.2, -0.15) is 0 Å². The molecule has 1 aromatic carbocycles. The van der Waals surface area contributed by atoms with Gasteiger partial charge in [0.25, 0.3) is 5.91 Å². The minimum Gasteiger partial charge on any atom is -0.391 e. The average molecular weight is 346 g/mol. The molecule has 0 aliphatic rings. The molecule has 128 valence electrons. The van der Waals surface area contributed by atoms with Crippen LogP contribution in [-0.2, 0) is 17.8 Å². The number of thiophene rings is 1. The molecular formula is C18H22N2O3S. The van der Waals surface area contributed by atoms with Crippen LogP contribution in [0.2, 0.25) is 0 Å². The van der Waals surface area contributed by atoms with Crippen LogP contribution in [-0.4, -0.2) is 29.1 Å². The maximum atomic E-state index is 12.3. The molecule has 1 aromatic heterocycles. The Hall–Kier alpha value is -2.18. The SMILES string of the molecule is CC(=O)NCc1ccc(C(=O)NC(C)C(O)Cc2ccccc2)s1. The van der Waals surface area contributed by atoms with Crippen molar-refractivity contribution >= 4 is 23.2 Å². The third-order valence-corrected chi connectivity index (χ3v) is 4.70. The Balaban J connectivity index is 1.87. The second kappa shape index (κ2) is 8.61. The molecule has 5 nitrogen and oxygen atoms in total. The molecule has 2 amide bonds. The fraction of sp³-hybridized carbons (Fsp3) is 0.333. The fourth-order valence-electron chi connectivity index (χ4n) is 2.21. The average Bonchev–Trinajstić information content (AvgIpc) is 3.03. The molecule has 0 aliphatic heterocycles. The standard InChI is InChI=1S/C18H22N2O3S/c1-12(16(22)10-14-6-4-3-5-7-14)20-18(23)17-9-8-15(24-17)11-19-13(2)21/h3-9,12,16,22H,10-11H2,1-2H3,(H,19,21)(H,20,23). The van der Waals surface area contributed by atoms with Gasteiger partial charge < -0.3 is 15.7 Å². The van der Waals surface area contributed by atoms with E-state index < -0.39 is 6.10 Å². The van der Waals surface area contributed by atoms with Gasteiger partial charge in [-0.1, -0.05) is 30.3 Å². The molecule has 2 rings (SSSR count). The van der Waals surface area contributed by atoms with Gasteiger partial charge in [0.05, 0.1) is 23.6 Å². The van der Waals surface area contributed by atoms with Crippen LogP contribution in [0.4, 0.5) is 0 Å². The fourth-order valence-corrected chi connectivity index (χ4v) is 3.06. The maximum Gasteiger partial charge on any atom is 0.261 e. The highest BCUT2D eigenvalue weighted by Crippen LogP contribution is 2.17. The zero-order valence-electron chi connectivity index (χ0n) is 13.8. The van der Waals surface area contributed by atoms with Gasteiger partial charge in [0.2, 0.25) is 5.91 Å². The van der Waals surface area contributed by atoms with Crippen molar-refractivity contribution in [1.29, 1.82) is 0 Å². The third kappa shape index (κ3) is 5.47. The lowest BCUT2D eigenvalue weighted by atomic mass is 10.0. The largest absolute Gasteiger partial charge is 0.391 e. The summed E-state index contributed by atoms with van der Waals surface area (Å²) in [5.74, 6) is -0.319. The molecule has 0 bridgehead atoms. The Morgan fingerprint density at radius 1 is 1.17 bits per heavy atom. The number of carbonyl (C=O) groups is 2. The van der Waals surface area contributed by atoms with Crippen LogP contribution < -0.4 is 10.6 Å². The van der Waals surface area contributed by atoms with Gasteiger partial charge in [-0.25, -0.2) is 0 Å². The van der Waals surface area contributed by atoms with E-state index in [1.54, 1.807) is 13.0 Å². The molecule has 2 aromatic rings. The van der Waals surface area contributed by atoms with E-state index >= 15 is 0 Å². The summed E-state index contributed by atoms with van der Waals surface area (Å²) in [6.45, 7) is 3.66. The van der Waals surface area contributed by atoms with Crippen molar-refractivity contribution in [2.45, 2.75) is 39.0 Å². The van der Waals surface area contributed by atoms with E-state index in [4.69, 9.17) is 0 Å². The molecule has 24 heavy (non-hydrogen) atoms. The molecule has 2 unspecified atom stereocenters. The number of benzene rings is 1. The van der Waals surface area contributed by atoms with E-state index in [9.17, 15) is 14.7 Å². The Morgan fingerprint density at radius 3 is 2.54 bits per heavy atom. The van der Waals surface area contributed by atoms with Gasteiger partial charge in [0.1, 0.15) is 0 Å². The maximum absolute atomic E-state index is 12.3. The van der Waals surface area contributed by atoms with Crippen LogP contribution in [0.15, 0.2) is 42.5 Å². The van der Waals surface area contributed by atoms with Crippen LogP contribution in [0, 0.1) is 0 Å². The second-order valence-corrected chi connectivity index (χ2v) is 6.86. The van der Waals surface area contributed by atoms with Gasteiger partial charge in [0.15, 0.2) is 0 Å². The third-order valence-electron chi connectivity index (χ3n) is 3.62. The molecule has 0 radical (unpaired) electrons. The number of carbonyl (C=O) groups excluding carboxylic acids is 2. The number of aliphatic hydroxyl groups is 1. The van der Waals surface area contributed by atoms with Crippen molar-refractivity contribution in [1.82, 2.24) is 10.6 Å². The zero-order chi connectivity index (χ0) is 17.5. The topological polar surface area (TPSA) is 78.4 Å². The highest BCUT2D eigenvalue weighted by atomic mass is 32.1. The predicted octanol–water partition coefficient (Wildman–Crippen LogP) is 2.11. The summed E-state index contributed by atoms with van der Waals surface area (Å²) in [7, 11) is 0. The van der Waals surface area contributed by atoms with E-state index in [1.807, 2.05) is 36.4 Å². The minimum atomic E-state index is -0.657. The van der Waals surface area contributed by atoms with E-state index in [-0.39, 0.29) is 17.9 Å². The van der Waals surface area contributed by atoms with Crippen LogP contribution in [0.25, 0.3) is 0 Å². The molecule has 0 saturated heterocycles. The summed E-state index contributed by atoms with van der Waals surface area (Å²) in [6.07, 6.45) is -0.171. The van der Waals surface area contributed by atoms with Crippen molar-refractivity contribution < 1.29 is 14.7 Å². The Bertz CT molecular complexity index is 685. The van der Waals surface area contributed by atoms with Gasteiger partial charge in [-0.3, -0.25) is 9.59 Å². The molecular weight excluding hydrogens is 324 g/mol. The number of hydrogen-bond donors (Lipinski definition) is 3. The zero-order valence-corrected chi connectivity index (χ0v) is 14.6. The first-order chi connectivity index (χ1) is 11.5. The molecule has 3 N–H and O–H groups in total. The lowest BCUT2D eigenvalue weighted by Crippen LogP contribution is -2.41. The molecule has 2 atom stereocenters. The van der Waals surface area contributed by atoms with Gasteiger partial charge in [-0.05, 0) is 24.6 Å². The van der Waals surface area contributed by atoms with Crippen LogP contribution in [0.5, 0.6) is 0 Å². The molecule has 1 heterocycles. The van der Waals surface area contributed by atoms with Gasteiger partial charge in [0, 0.05) is 18.2 Å². The van der Waals surface area contributed by atoms with E-state index in [1.165, 1.54) is 18.3 Å². The first-order valence-electron chi connectivity index (χ1n) is 7.81. The Morgan fingerprint density at radius 2 is 1.88 bits per heavy atom. The summed E-state index contributed by atoms with van der Waals surface area (Å²) >= 11 is 1.33. The van der Waals surface area contributed by atoms with Gasteiger partial charge >= 0.3 is 0 Å². The second-order valence-electron chi connectivity index (χ2n) is 5.69. The normalized spacial score (nSPS) is 13.1. The number of hydrogen-bond acceptors (Lipinski definition) is 4. The Labute approximate surface area is 145 Å². The summed E-state index contributed by atoms with van der Waals surface area (Å²) in [6, 6.07) is 12.9. The van der Waals surface area contributed by atoms with Crippen LogP contribution in [0.1, 0.15) is 34.0 Å². The number of rotatable bonds is 7. The molecule has 0 spiro atoms. The smallest absolute Gasteiger partial charge is 0.261 e. The highest BCUT2D eigenvalue weighted by molar-refractivity contribution is 7.14. The predicted molar refractivity (Wildman–Crippen MR) is 94.9 cm³/mol. The van der Waals surface area contributed by atoms with E-state index in [0.29, 0.717) is 17.8 Å². The van der Waals surface area contributed by atoms with Gasteiger partial charge in [-0.15, -0.1) is 11.3 Å².